The van der Waals surface area contributed by atoms with Gasteiger partial charge in [0.05, 0.1) is 0 Å². The highest BCUT2D eigenvalue weighted by molar-refractivity contribution is 6.19. The van der Waals surface area contributed by atoms with Crippen LogP contribution in [0.25, 0.3) is 88.0 Å². The standard InChI is InChI=1S/C52H33NO2/c1-3-12-34(13-4-1)47-33-40(28-30-41(47)36-24-29-42-37(32-36)25-31-50-51(42)46-17-8-10-21-49(46)54-50)53(38-14-5-2-6-15-38)39-26-22-35(23-27-39)43-18-11-19-45-44-16-7-9-20-48(44)55-52(43)45/h1-33H. The smallest absolute Gasteiger partial charge is 0.143 e. The second-order valence-corrected chi connectivity index (χ2v) is 14.1. The number of furan rings is 2. The third kappa shape index (κ3) is 5.20. The van der Waals surface area contributed by atoms with Crippen LogP contribution < -0.4 is 4.90 Å². The minimum absolute atomic E-state index is 0.905. The van der Waals surface area contributed by atoms with E-state index in [9.17, 15) is 0 Å². The molecular formula is C52H33NO2. The van der Waals surface area contributed by atoms with Crippen molar-refractivity contribution in [2.24, 2.45) is 0 Å². The number of anilines is 3. The fourth-order valence-corrected chi connectivity index (χ4v) is 8.29. The fourth-order valence-electron chi connectivity index (χ4n) is 8.29. The van der Waals surface area contributed by atoms with Gasteiger partial charge in [-0.3, -0.25) is 0 Å². The van der Waals surface area contributed by atoms with Crippen molar-refractivity contribution in [3.63, 3.8) is 0 Å². The van der Waals surface area contributed by atoms with Crippen LogP contribution in [0.3, 0.4) is 0 Å². The van der Waals surface area contributed by atoms with Crippen molar-refractivity contribution < 1.29 is 8.83 Å². The number of rotatable bonds is 6. The SMILES string of the molecule is c1ccc(-c2cc(N(c3ccccc3)c3ccc(-c4cccc5c4oc4ccccc45)cc3)ccc2-c2ccc3c(ccc4oc5ccccc5c43)c2)cc1. The molecule has 0 atom stereocenters. The molecule has 11 rings (SSSR count). The molecule has 0 bridgehead atoms. The molecule has 9 aromatic carbocycles. The summed E-state index contributed by atoms with van der Waals surface area (Å²) in [7, 11) is 0. The highest BCUT2D eigenvalue weighted by atomic mass is 16.3. The number of hydrogen-bond donors (Lipinski definition) is 0. The predicted octanol–water partition coefficient (Wildman–Crippen LogP) is 15.1. The van der Waals surface area contributed by atoms with Gasteiger partial charge < -0.3 is 13.7 Å². The molecule has 0 fully saturated rings. The Balaban J connectivity index is 1.04. The highest BCUT2D eigenvalue weighted by Gasteiger charge is 2.19. The molecule has 0 saturated heterocycles. The Morgan fingerprint density at radius 1 is 0.309 bits per heavy atom. The summed E-state index contributed by atoms with van der Waals surface area (Å²) in [5.74, 6) is 0. The molecule has 0 saturated carbocycles. The lowest BCUT2D eigenvalue weighted by atomic mass is 9.91. The minimum atomic E-state index is 0.905. The summed E-state index contributed by atoms with van der Waals surface area (Å²) in [4.78, 5) is 2.34. The molecule has 55 heavy (non-hydrogen) atoms. The van der Waals surface area contributed by atoms with Crippen molar-refractivity contribution >= 4 is 71.7 Å². The van der Waals surface area contributed by atoms with E-state index in [0.29, 0.717) is 0 Å². The van der Waals surface area contributed by atoms with Crippen LogP contribution in [0.5, 0.6) is 0 Å². The molecule has 2 aromatic heterocycles. The molecule has 0 N–H and O–H groups in total. The quantitative estimate of drug-likeness (QED) is 0.173. The van der Waals surface area contributed by atoms with Crippen molar-refractivity contribution in [3.8, 4) is 33.4 Å². The number of hydrogen-bond acceptors (Lipinski definition) is 3. The average molecular weight is 704 g/mol. The second-order valence-electron chi connectivity index (χ2n) is 14.1. The maximum Gasteiger partial charge on any atom is 0.143 e. The van der Waals surface area contributed by atoms with Gasteiger partial charge in [-0.25, -0.2) is 0 Å². The summed E-state index contributed by atoms with van der Waals surface area (Å²) >= 11 is 0. The Hall–Kier alpha value is -7.36. The lowest BCUT2D eigenvalue weighted by Gasteiger charge is -2.27. The van der Waals surface area contributed by atoms with Gasteiger partial charge in [-0.1, -0.05) is 140 Å². The Morgan fingerprint density at radius 2 is 0.945 bits per heavy atom. The van der Waals surface area contributed by atoms with E-state index in [0.717, 1.165) is 77.6 Å². The van der Waals surface area contributed by atoms with Gasteiger partial charge in [0.1, 0.15) is 22.3 Å². The summed E-state index contributed by atoms with van der Waals surface area (Å²) < 4.78 is 12.6. The van der Waals surface area contributed by atoms with E-state index in [1.54, 1.807) is 0 Å². The zero-order valence-electron chi connectivity index (χ0n) is 29.8. The highest BCUT2D eigenvalue weighted by Crippen LogP contribution is 2.43. The molecule has 0 aliphatic rings. The van der Waals surface area contributed by atoms with E-state index in [4.69, 9.17) is 8.83 Å². The number of para-hydroxylation sites is 4. The van der Waals surface area contributed by atoms with Crippen LogP contribution in [0.15, 0.2) is 209 Å². The average Bonchev–Trinajstić information content (AvgIpc) is 3.84. The van der Waals surface area contributed by atoms with Gasteiger partial charge in [0, 0.05) is 44.2 Å². The van der Waals surface area contributed by atoms with Crippen LogP contribution in [0.2, 0.25) is 0 Å². The van der Waals surface area contributed by atoms with E-state index in [1.165, 1.54) is 27.5 Å². The van der Waals surface area contributed by atoms with Crippen LogP contribution in [0.1, 0.15) is 0 Å². The van der Waals surface area contributed by atoms with Crippen LogP contribution in [0.4, 0.5) is 17.1 Å². The molecule has 258 valence electrons. The maximum atomic E-state index is 6.40. The monoisotopic (exact) mass is 703 g/mol. The van der Waals surface area contributed by atoms with Crippen LogP contribution in [-0.4, -0.2) is 0 Å². The minimum Gasteiger partial charge on any atom is -0.456 e. The Bertz CT molecular complexity index is 3190. The van der Waals surface area contributed by atoms with Gasteiger partial charge in [-0.05, 0) is 99.3 Å². The van der Waals surface area contributed by atoms with E-state index in [1.807, 2.05) is 24.3 Å². The van der Waals surface area contributed by atoms with Gasteiger partial charge >= 0.3 is 0 Å². The molecule has 0 unspecified atom stereocenters. The van der Waals surface area contributed by atoms with Crippen molar-refractivity contribution in [2.45, 2.75) is 0 Å². The molecule has 0 aliphatic heterocycles. The second kappa shape index (κ2) is 12.6. The number of nitrogens with zero attached hydrogens (tertiary/aromatic N) is 1. The summed E-state index contributed by atoms with van der Waals surface area (Å²) in [6, 6.07) is 71.0. The van der Waals surface area contributed by atoms with Crippen molar-refractivity contribution in [2.75, 3.05) is 4.90 Å². The summed E-state index contributed by atoms with van der Waals surface area (Å²) in [6.07, 6.45) is 0. The van der Waals surface area contributed by atoms with Gasteiger partial charge in [-0.2, -0.15) is 0 Å². The summed E-state index contributed by atoms with van der Waals surface area (Å²) in [5, 5.41) is 6.95. The van der Waals surface area contributed by atoms with Crippen molar-refractivity contribution in [1.29, 1.82) is 0 Å². The van der Waals surface area contributed by atoms with Crippen molar-refractivity contribution in [1.82, 2.24) is 0 Å². The first-order valence-electron chi connectivity index (χ1n) is 18.7. The van der Waals surface area contributed by atoms with Crippen LogP contribution in [-0.2, 0) is 0 Å². The first-order chi connectivity index (χ1) is 27.3. The third-order valence-corrected chi connectivity index (χ3v) is 10.9. The first kappa shape index (κ1) is 31.2. The van der Waals surface area contributed by atoms with Crippen LogP contribution >= 0.6 is 0 Å². The molecule has 11 aromatic rings. The molecule has 0 radical (unpaired) electrons. The van der Waals surface area contributed by atoms with Gasteiger partial charge in [0.2, 0.25) is 0 Å². The zero-order chi connectivity index (χ0) is 36.3. The van der Waals surface area contributed by atoms with Crippen LogP contribution in [0, 0.1) is 0 Å². The topological polar surface area (TPSA) is 29.5 Å². The van der Waals surface area contributed by atoms with E-state index >= 15 is 0 Å². The Kier molecular flexibility index (Phi) is 7.17. The predicted molar refractivity (Wildman–Crippen MR) is 229 cm³/mol. The zero-order valence-corrected chi connectivity index (χ0v) is 29.8. The fraction of sp³-hybridized carbons (Fsp3) is 0. The van der Waals surface area contributed by atoms with E-state index in [2.05, 4.69) is 181 Å². The Morgan fingerprint density at radius 3 is 1.76 bits per heavy atom. The number of fused-ring (bicyclic) bond motifs is 8. The molecule has 0 amide bonds. The lowest BCUT2D eigenvalue weighted by Crippen LogP contribution is -2.10. The molecule has 0 aliphatic carbocycles. The number of benzene rings is 9. The largest absolute Gasteiger partial charge is 0.456 e. The van der Waals surface area contributed by atoms with Gasteiger partial charge in [-0.15, -0.1) is 0 Å². The summed E-state index contributed by atoms with van der Waals surface area (Å²) in [5.41, 5.74) is 13.7. The van der Waals surface area contributed by atoms with E-state index < -0.39 is 0 Å². The first-order valence-corrected chi connectivity index (χ1v) is 18.7. The normalized spacial score (nSPS) is 11.6. The lowest BCUT2D eigenvalue weighted by molar-refractivity contribution is 0.669. The van der Waals surface area contributed by atoms with Gasteiger partial charge in [0.15, 0.2) is 0 Å². The third-order valence-electron chi connectivity index (χ3n) is 10.9. The van der Waals surface area contributed by atoms with Crippen molar-refractivity contribution in [3.05, 3.63) is 200 Å². The summed E-state index contributed by atoms with van der Waals surface area (Å²) in [6.45, 7) is 0. The molecule has 3 heteroatoms. The molecule has 3 nitrogen and oxygen atoms in total. The molecule has 0 spiro atoms. The Labute approximate surface area is 317 Å². The maximum absolute atomic E-state index is 6.40. The molecule has 2 heterocycles. The molecular weight excluding hydrogens is 671 g/mol. The van der Waals surface area contributed by atoms with E-state index in [-0.39, 0.29) is 0 Å². The van der Waals surface area contributed by atoms with Gasteiger partial charge in [0.25, 0.3) is 0 Å².